The highest BCUT2D eigenvalue weighted by atomic mass is 31.2. The fraction of sp³-hybridized carbons (Fsp3) is 1.00. The number of hydrogen-bond donors (Lipinski definition) is 4. The monoisotopic (exact) mass is 154 g/mol. The maximum atomic E-state index is 10.5. The average molecular weight is 154 g/mol. The van der Waals surface area contributed by atoms with E-state index >= 15 is 0 Å². The fourth-order valence-electron chi connectivity index (χ4n) is 0.398. The molecule has 56 valence electrons. The number of hydrogen-bond acceptors (Lipinski definition) is 3. The van der Waals surface area contributed by atoms with Crippen molar-refractivity contribution in [2.24, 2.45) is 5.50 Å². The van der Waals surface area contributed by atoms with Crippen molar-refractivity contribution in [3.05, 3.63) is 0 Å². The lowest BCUT2D eigenvalue weighted by Crippen LogP contribution is -2.43. The lowest BCUT2D eigenvalue weighted by molar-refractivity contribution is 0.240. The summed E-state index contributed by atoms with van der Waals surface area (Å²) in [5, 5.41) is 0. The first-order chi connectivity index (χ1) is 4.02. The summed E-state index contributed by atoms with van der Waals surface area (Å²) >= 11 is 0. The van der Waals surface area contributed by atoms with Gasteiger partial charge in [-0.1, -0.05) is 4.89 Å². The van der Waals surface area contributed by atoms with Gasteiger partial charge < -0.3 is 4.89 Å². The predicted octanol–water partition coefficient (Wildman–Crippen LogP) is -1.38. The normalized spacial score (nSPS) is 17.9. The molecule has 0 saturated heterocycles. The minimum Gasteiger partial charge on any atom is -0.320 e. The Morgan fingerprint density at radius 2 is 1.89 bits per heavy atom. The molecule has 0 aliphatic rings. The van der Waals surface area contributed by atoms with Gasteiger partial charge in [-0.15, -0.1) is 0 Å². The smallest absolute Gasteiger partial charge is 0.320 e. The maximum Gasteiger partial charge on any atom is 0.365 e. The second-order valence-electron chi connectivity index (χ2n) is 1.35. The van der Waals surface area contributed by atoms with Gasteiger partial charge in [0, 0.05) is 14.1 Å². The predicted molar refractivity (Wildman–Crippen MR) is 34.0 cm³/mol. The zero-order valence-corrected chi connectivity index (χ0v) is 6.22. The van der Waals surface area contributed by atoms with Crippen molar-refractivity contribution < 1.29 is 9.46 Å². The highest BCUT2D eigenvalue weighted by Gasteiger charge is 2.19. The molecule has 0 spiro atoms. The molecule has 9 heavy (non-hydrogen) atoms. The van der Waals surface area contributed by atoms with Crippen LogP contribution in [0.1, 0.15) is 0 Å². The van der Waals surface area contributed by atoms with Crippen LogP contribution >= 0.6 is 7.67 Å². The highest BCUT2D eigenvalue weighted by Crippen LogP contribution is 2.30. The van der Waals surface area contributed by atoms with E-state index in [0.717, 1.165) is 4.89 Å². The summed E-state index contributed by atoms with van der Waals surface area (Å²) in [6.07, 6.45) is 0. The number of nitrogens with zero attached hydrogens (tertiary/aromatic N) is 1. The van der Waals surface area contributed by atoms with E-state index in [9.17, 15) is 4.57 Å². The summed E-state index contributed by atoms with van der Waals surface area (Å²) in [5.41, 5.74) is 9.56. The number of nitrogens with two attached hydrogens (primary N) is 1. The van der Waals surface area contributed by atoms with Crippen molar-refractivity contribution in [1.29, 1.82) is 0 Å². The van der Waals surface area contributed by atoms with Crippen molar-refractivity contribution in [2.75, 3.05) is 14.1 Å². The molecule has 0 bridgehead atoms. The Hall–Kier alpha value is 0.0300. The van der Waals surface area contributed by atoms with E-state index in [2.05, 4.69) is 10.9 Å². The van der Waals surface area contributed by atoms with Crippen molar-refractivity contribution in [2.45, 2.75) is 0 Å². The molecular weight excluding hydrogens is 143 g/mol. The number of rotatable bonds is 3. The van der Waals surface area contributed by atoms with Crippen LogP contribution in [-0.2, 0) is 4.57 Å². The quantitative estimate of drug-likeness (QED) is 0.296. The summed E-state index contributed by atoms with van der Waals surface area (Å²) in [6, 6.07) is 0. The molecule has 0 aliphatic carbocycles. The minimum absolute atomic E-state index is 0.826. The standard InChI is InChI=1S/C2H11N4O2P/c1-4-6(5-2)9(3,7)8/h4-5H,1-2H3,(H3,3,7,8). The van der Waals surface area contributed by atoms with Gasteiger partial charge in [0.2, 0.25) is 0 Å². The summed E-state index contributed by atoms with van der Waals surface area (Å²) in [7, 11) is -0.708. The van der Waals surface area contributed by atoms with E-state index < -0.39 is 7.67 Å². The first kappa shape index (κ1) is 9.03. The van der Waals surface area contributed by atoms with E-state index in [1.54, 1.807) is 0 Å². The SMILES string of the molecule is CNN(NC)P(N)(=O)O. The molecule has 6 nitrogen and oxygen atoms in total. The maximum absolute atomic E-state index is 10.5. The molecule has 0 aromatic carbocycles. The largest absolute Gasteiger partial charge is 0.365 e. The third-order valence-electron chi connectivity index (χ3n) is 0.710. The summed E-state index contributed by atoms with van der Waals surface area (Å²) < 4.78 is 10.5. The Morgan fingerprint density at radius 3 is 1.89 bits per heavy atom. The van der Waals surface area contributed by atoms with E-state index in [1.165, 1.54) is 14.1 Å². The van der Waals surface area contributed by atoms with Gasteiger partial charge in [0.05, 0.1) is 0 Å². The number of nitrogens with one attached hydrogen (secondary N) is 2. The van der Waals surface area contributed by atoms with Crippen molar-refractivity contribution in [3.63, 3.8) is 0 Å². The van der Waals surface area contributed by atoms with Gasteiger partial charge in [0.1, 0.15) is 0 Å². The van der Waals surface area contributed by atoms with Gasteiger partial charge in [-0.05, 0) is 0 Å². The summed E-state index contributed by atoms with van der Waals surface area (Å²) in [6.45, 7) is 0. The van der Waals surface area contributed by atoms with Crippen molar-refractivity contribution in [3.8, 4) is 0 Å². The van der Waals surface area contributed by atoms with Gasteiger partial charge in [-0.3, -0.25) is 4.57 Å². The first-order valence-corrected chi connectivity index (χ1v) is 3.97. The minimum atomic E-state index is -3.66. The van der Waals surface area contributed by atoms with Crippen LogP contribution in [0.2, 0.25) is 0 Å². The lowest BCUT2D eigenvalue weighted by Gasteiger charge is -2.20. The fourth-order valence-corrected chi connectivity index (χ4v) is 0.971. The molecule has 5 N–H and O–H groups in total. The molecule has 0 rings (SSSR count). The molecule has 0 heterocycles. The van der Waals surface area contributed by atoms with Crippen LogP contribution in [0.5, 0.6) is 0 Å². The van der Waals surface area contributed by atoms with Gasteiger partial charge in [0.15, 0.2) is 0 Å². The van der Waals surface area contributed by atoms with Crippen LogP contribution < -0.4 is 16.4 Å². The molecule has 0 radical (unpaired) electrons. The van der Waals surface area contributed by atoms with Gasteiger partial charge in [0.25, 0.3) is 0 Å². The molecule has 7 heteroatoms. The van der Waals surface area contributed by atoms with Crippen LogP contribution in [0, 0.1) is 0 Å². The van der Waals surface area contributed by atoms with Gasteiger partial charge >= 0.3 is 7.67 Å². The second-order valence-corrected chi connectivity index (χ2v) is 2.93. The number of hydrazine groups is 2. The van der Waals surface area contributed by atoms with Crippen LogP contribution in [0.4, 0.5) is 0 Å². The molecule has 0 saturated carbocycles. The molecule has 0 fully saturated rings. The molecule has 1 unspecified atom stereocenters. The van der Waals surface area contributed by atoms with E-state index in [1.807, 2.05) is 0 Å². The Bertz CT molecular complexity index is 118. The Labute approximate surface area is 53.5 Å². The van der Waals surface area contributed by atoms with E-state index in [0.29, 0.717) is 0 Å². The van der Waals surface area contributed by atoms with Gasteiger partial charge in [-0.2, -0.15) is 0 Å². The summed E-state index contributed by atoms with van der Waals surface area (Å²) in [4.78, 5) is 9.44. The zero-order valence-electron chi connectivity index (χ0n) is 5.33. The zero-order chi connectivity index (χ0) is 7.49. The summed E-state index contributed by atoms with van der Waals surface area (Å²) in [5.74, 6) is 0. The third-order valence-corrected chi connectivity index (χ3v) is 1.68. The van der Waals surface area contributed by atoms with Crippen LogP contribution in [0.25, 0.3) is 0 Å². The third kappa shape index (κ3) is 2.90. The Kier molecular flexibility index (Phi) is 3.27. The second kappa shape index (κ2) is 3.26. The van der Waals surface area contributed by atoms with Crippen LogP contribution in [-0.4, -0.2) is 23.9 Å². The highest BCUT2D eigenvalue weighted by molar-refractivity contribution is 7.52. The van der Waals surface area contributed by atoms with E-state index in [-0.39, 0.29) is 0 Å². The topological polar surface area (TPSA) is 90.6 Å². The van der Waals surface area contributed by atoms with Crippen molar-refractivity contribution >= 4 is 7.67 Å². The van der Waals surface area contributed by atoms with Crippen molar-refractivity contribution in [1.82, 2.24) is 15.7 Å². The Balaban J connectivity index is 3.96. The molecule has 0 aromatic rings. The lowest BCUT2D eigenvalue weighted by atomic mass is 11.4. The van der Waals surface area contributed by atoms with E-state index in [4.69, 9.17) is 10.4 Å². The van der Waals surface area contributed by atoms with Crippen LogP contribution in [0.15, 0.2) is 0 Å². The average Bonchev–Trinajstić information content (AvgIpc) is 1.65. The molecule has 0 aliphatic heterocycles. The molecular formula is C2H11N4O2P. The molecule has 0 amide bonds. The molecule has 0 aromatic heterocycles. The van der Waals surface area contributed by atoms with Gasteiger partial charge in [-0.25, -0.2) is 16.4 Å². The van der Waals surface area contributed by atoms with Crippen LogP contribution in [0.3, 0.4) is 0 Å². The Morgan fingerprint density at radius 1 is 1.56 bits per heavy atom. The first-order valence-electron chi connectivity index (χ1n) is 2.29. The molecule has 1 atom stereocenters.